The zero-order valence-corrected chi connectivity index (χ0v) is 17.7. The second-order valence-electron chi connectivity index (χ2n) is 7.96. The maximum atomic E-state index is 13.2. The number of aryl methyl sites for hydroxylation is 1. The summed E-state index contributed by atoms with van der Waals surface area (Å²) in [5.74, 6) is 0.355. The minimum atomic E-state index is -0.226. The highest BCUT2D eigenvalue weighted by Crippen LogP contribution is 2.43. The van der Waals surface area contributed by atoms with E-state index in [1.807, 2.05) is 40.9 Å². The molecule has 1 N–H and O–H groups in total. The van der Waals surface area contributed by atoms with Crippen molar-refractivity contribution in [3.05, 3.63) is 51.7 Å². The van der Waals surface area contributed by atoms with Gasteiger partial charge in [0.05, 0.1) is 11.6 Å². The molecule has 2 heterocycles. The Labute approximate surface area is 166 Å². The highest BCUT2D eigenvalue weighted by atomic mass is 32.1. The minimum absolute atomic E-state index is 0.00995. The van der Waals surface area contributed by atoms with Crippen molar-refractivity contribution in [1.82, 2.24) is 9.80 Å². The highest BCUT2D eigenvalue weighted by molar-refractivity contribution is 7.08. The van der Waals surface area contributed by atoms with Gasteiger partial charge in [0.25, 0.3) is 5.91 Å². The maximum absolute atomic E-state index is 13.2. The molecule has 2 aromatic rings. The molecule has 1 aromatic carbocycles. The molecule has 5 heteroatoms. The van der Waals surface area contributed by atoms with E-state index in [0.29, 0.717) is 5.75 Å². The number of phenolic OH excluding ortho intramolecular Hbond substituents is 1. The number of carbonyl (C=O) groups excluding carboxylic acids is 1. The van der Waals surface area contributed by atoms with Crippen LogP contribution in [0.3, 0.4) is 0 Å². The molecule has 0 aliphatic carbocycles. The van der Waals surface area contributed by atoms with Gasteiger partial charge in [-0.05, 0) is 68.1 Å². The lowest BCUT2D eigenvalue weighted by atomic mass is 9.66. The fraction of sp³-hybridized carbons (Fsp3) is 0.500. The number of aromatic hydroxyl groups is 1. The molecule has 3 atom stereocenters. The van der Waals surface area contributed by atoms with Crippen molar-refractivity contribution in [3.63, 3.8) is 0 Å². The van der Waals surface area contributed by atoms with E-state index in [1.165, 1.54) is 11.1 Å². The van der Waals surface area contributed by atoms with Gasteiger partial charge in [-0.2, -0.15) is 11.3 Å². The van der Waals surface area contributed by atoms with Crippen LogP contribution in [0.5, 0.6) is 5.75 Å². The first-order valence-corrected chi connectivity index (χ1v) is 10.6. The highest BCUT2D eigenvalue weighted by Gasteiger charge is 2.48. The van der Waals surface area contributed by atoms with Crippen LogP contribution < -0.4 is 0 Å². The lowest BCUT2D eigenvalue weighted by Crippen LogP contribution is -2.63. The molecule has 1 aliphatic rings. The number of phenols is 1. The number of rotatable bonds is 4. The normalized spacial score (nSPS) is 26.1. The fourth-order valence-corrected chi connectivity index (χ4v) is 5.33. The second kappa shape index (κ2) is 7.64. The lowest BCUT2D eigenvalue weighted by Gasteiger charge is -2.53. The van der Waals surface area contributed by atoms with E-state index in [2.05, 4.69) is 32.7 Å². The van der Waals surface area contributed by atoms with E-state index < -0.39 is 0 Å². The number of hydrogen-bond donors (Lipinski definition) is 1. The Morgan fingerprint density at radius 2 is 2.15 bits per heavy atom. The Kier molecular flexibility index (Phi) is 5.63. The molecule has 0 saturated carbocycles. The van der Waals surface area contributed by atoms with Crippen molar-refractivity contribution in [2.24, 2.45) is 0 Å². The summed E-state index contributed by atoms with van der Waals surface area (Å²) in [5.41, 5.74) is 2.93. The van der Waals surface area contributed by atoms with Crippen molar-refractivity contribution < 1.29 is 9.90 Å². The monoisotopic (exact) mass is 386 g/mol. The van der Waals surface area contributed by atoms with Gasteiger partial charge in [-0.15, -0.1) is 0 Å². The Morgan fingerprint density at radius 3 is 2.78 bits per heavy atom. The Morgan fingerprint density at radius 1 is 1.41 bits per heavy atom. The summed E-state index contributed by atoms with van der Waals surface area (Å²) in [7, 11) is 4.05. The topological polar surface area (TPSA) is 43.8 Å². The van der Waals surface area contributed by atoms with Gasteiger partial charge in [-0.3, -0.25) is 4.79 Å². The average Bonchev–Trinajstić information content (AvgIpc) is 3.19. The van der Waals surface area contributed by atoms with Crippen LogP contribution in [0.15, 0.2) is 35.0 Å². The molecule has 0 radical (unpaired) electrons. The van der Waals surface area contributed by atoms with Crippen LogP contribution in [-0.2, 0) is 11.8 Å². The minimum Gasteiger partial charge on any atom is -0.508 e. The quantitative estimate of drug-likeness (QED) is 0.859. The summed E-state index contributed by atoms with van der Waals surface area (Å²) >= 11 is 1.55. The largest absolute Gasteiger partial charge is 0.508 e. The van der Waals surface area contributed by atoms with Crippen LogP contribution in [0.4, 0.5) is 0 Å². The number of benzene rings is 1. The van der Waals surface area contributed by atoms with Gasteiger partial charge in [0.2, 0.25) is 0 Å². The molecule has 27 heavy (non-hydrogen) atoms. The number of likely N-dealkylation sites (tertiary alicyclic amines) is 1. The molecule has 0 spiro atoms. The summed E-state index contributed by atoms with van der Waals surface area (Å²) < 4.78 is 0. The number of piperidine rings is 1. The predicted molar refractivity (Wildman–Crippen MR) is 112 cm³/mol. The number of likely N-dealkylation sites (N-methyl/N-ethyl adjacent to an activating group) is 2. The number of amides is 1. The number of hydrogen-bond acceptors (Lipinski definition) is 4. The SMILES string of the molecule is CCc1ccc(O)cc1[C@@]1(C)CCN(C)[C@H](C)[C@@H]1N(C)C(=O)c1ccsc1. The summed E-state index contributed by atoms with van der Waals surface area (Å²) in [6.45, 7) is 7.57. The van der Waals surface area contributed by atoms with Crippen LogP contribution in [0, 0.1) is 0 Å². The number of nitrogens with zero attached hydrogens (tertiary/aromatic N) is 2. The van der Waals surface area contributed by atoms with E-state index in [0.717, 1.165) is 24.9 Å². The standard InChI is InChI=1S/C22H30N2O2S/c1-6-16-7-8-18(25)13-19(16)22(3)10-11-23(4)15(2)20(22)24(5)21(26)17-9-12-27-14-17/h7-9,12-15,20,25H,6,10-11H2,1-5H3/t15-,20+,22-/m1/s1. The molecule has 1 saturated heterocycles. The first kappa shape index (κ1) is 19.9. The average molecular weight is 387 g/mol. The zero-order chi connectivity index (χ0) is 19.8. The molecular weight excluding hydrogens is 356 g/mol. The lowest BCUT2D eigenvalue weighted by molar-refractivity contribution is 0.0184. The molecular formula is C22H30N2O2S. The van der Waals surface area contributed by atoms with Gasteiger partial charge in [0.15, 0.2) is 0 Å². The molecule has 1 aromatic heterocycles. The van der Waals surface area contributed by atoms with Crippen LogP contribution in [0.25, 0.3) is 0 Å². The Bertz CT molecular complexity index is 805. The smallest absolute Gasteiger partial charge is 0.254 e. The van der Waals surface area contributed by atoms with Crippen LogP contribution in [0.1, 0.15) is 48.7 Å². The van der Waals surface area contributed by atoms with Crippen LogP contribution in [-0.4, -0.2) is 53.5 Å². The van der Waals surface area contributed by atoms with Gasteiger partial charge in [-0.25, -0.2) is 0 Å². The molecule has 4 nitrogen and oxygen atoms in total. The summed E-state index contributed by atoms with van der Waals surface area (Å²) in [5, 5.41) is 14.1. The van der Waals surface area contributed by atoms with Crippen molar-refractivity contribution >= 4 is 17.2 Å². The second-order valence-corrected chi connectivity index (χ2v) is 8.74. The number of carbonyl (C=O) groups is 1. The zero-order valence-electron chi connectivity index (χ0n) is 16.9. The Hall–Kier alpha value is -1.85. The Balaban J connectivity index is 2.09. The third-order valence-electron chi connectivity index (χ3n) is 6.38. The van der Waals surface area contributed by atoms with Crippen LogP contribution in [0.2, 0.25) is 0 Å². The van der Waals surface area contributed by atoms with Crippen molar-refractivity contribution in [2.75, 3.05) is 20.6 Å². The first-order chi connectivity index (χ1) is 12.8. The fourth-order valence-electron chi connectivity index (χ4n) is 4.70. The molecule has 0 unspecified atom stereocenters. The molecule has 146 valence electrons. The summed E-state index contributed by atoms with van der Waals surface area (Å²) in [6.07, 6.45) is 1.85. The predicted octanol–water partition coefficient (Wildman–Crippen LogP) is 4.14. The third-order valence-corrected chi connectivity index (χ3v) is 7.07. The van der Waals surface area contributed by atoms with E-state index >= 15 is 0 Å². The van der Waals surface area contributed by atoms with Gasteiger partial charge in [-0.1, -0.05) is 19.9 Å². The van der Waals surface area contributed by atoms with Gasteiger partial charge in [0, 0.05) is 23.9 Å². The molecule has 1 aliphatic heterocycles. The van der Waals surface area contributed by atoms with Gasteiger partial charge in [0.1, 0.15) is 5.75 Å². The van der Waals surface area contributed by atoms with E-state index in [1.54, 1.807) is 17.4 Å². The van der Waals surface area contributed by atoms with Crippen molar-refractivity contribution in [3.8, 4) is 5.75 Å². The molecule has 1 fully saturated rings. The molecule has 0 bridgehead atoms. The van der Waals surface area contributed by atoms with E-state index in [4.69, 9.17) is 0 Å². The maximum Gasteiger partial charge on any atom is 0.254 e. The van der Waals surface area contributed by atoms with Crippen molar-refractivity contribution in [2.45, 2.75) is 51.1 Å². The van der Waals surface area contributed by atoms with Crippen LogP contribution >= 0.6 is 11.3 Å². The van der Waals surface area contributed by atoms with Gasteiger partial charge >= 0.3 is 0 Å². The van der Waals surface area contributed by atoms with Gasteiger partial charge < -0.3 is 14.9 Å². The van der Waals surface area contributed by atoms with E-state index in [9.17, 15) is 9.90 Å². The molecule has 3 rings (SSSR count). The number of thiophene rings is 1. The van der Waals surface area contributed by atoms with Crippen molar-refractivity contribution in [1.29, 1.82) is 0 Å². The summed E-state index contributed by atoms with van der Waals surface area (Å²) in [4.78, 5) is 17.4. The van der Waals surface area contributed by atoms with E-state index in [-0.39, 0.29) is 23.4 Å². The third kappa shape index (κ3) is 3.50. The first-order valence-electron chi connectivity index (χ1n) is 9.61. The molecule has 1 amide bonds. The summed E-state index contributed by atoms with van der Waals surface area (Å²) in [6, 6.07) is 7.81.